The lowest BCUT2D eigenvalue weighted by atomic mass is 9.97. The summed E-state index contributed by atoms with van der Waals surface area (Å²) in [5.41, 5.74) is 7.93. The first-order chi connectivity index (χ1) is 9.97. The number of nitrogens with zero attached hydrogens (tertiary/aromatic N) is 1. The van der Waals surface area contributed by atoms with Crippen LogP contribution in [0.4, 0.5) is 4.79 Å². The molecule has 116 valence electrons. The number of nitrogens with two attached hydrogens (primary N) is 1. The number of hydrogen-bond acceptors (Lipinski definition) is 2. The SMILES string of the molecule is CC(C)c1ccc([C@@H](C)N2CCC(NC(N)=O)CC2)cc1. The van der Waals surface area contributed by atoms with Gasteiger partial charge in [0.1, 0.15) is 0 Å². The monoisotopic (exact) mass is 289 g/mol. The summed E-state index contributed by atoms with van der Waals surface area (Å²) in [4.78, 5) is 13.4. The third-order valence-corrected chi connectivity index (χ3v) is 4.51. The van der Waals surface area contributed by atoms with Gasteiger partial charge in [0.2, 0.25) is 0 Å². The van der Waals surface area contributed by atoms with Crippen LogP contribution < -0.4 is 11.1 Å². The lowest BCUT2D eigenvalue weighted by molar-refractivity contribution is 0.154. The van der Waals surface area contributed by atoms with Gasteiger partial charge >= 0.3 is 6.03 Å². The molecule has 1 heterocycles. The Hall–Kier alpha value is -1.55. The quantitative estimate of drug-likeness (QED) is 0.895. The Bertz CT molecular complexity index is 461. The van der Waals surface area contributed by atoms with Crippen molar-refractivity contribution in [2.24, 2.45) is 5.73 Å². The number of carbonyl (C=O) groups is 1. The number of urea groups is 1. The second-order valence-electron chi connectivity index (χ2n) is 6.32. The maximum Gasteiger partial charge on any atom is 0.312 e. The number of benzene rings is 1. The summed E-state index contributed by atoms with van der Waals surface area (Å²) in [5.74, 6) is 0.574. The molecule has 1 aliphatic rings. The third-order valence-electron chi connectivity index (χ3n) is 4.51. The van der Waals surface area contributed by atoms with E-state index in [1.54, 1.807) is 0 Å². The molecule has 1 aliphatic heterocycles. The Kier molecular flexibility index (Phi) is 5.23. The lowest BCUT2D eigenvalue weighted by Crippen LogP contribution is -2.46. The summed E-state index contributed by atoms with van der Waals surface area (Å²) in [6, 6.07) is 9.19. The average Bonchev–Trinajstić information content (AvgIpc) is 2.47. The van der Waals surface area contributed by atoms with Gasteiger partial charge in [-0.25, -0.2) is 4.79 Å². The number of amides is 2. The van der Waals surface area contributed by atoms with Crippen LogP contribution >= 0.6 is 0 Å². The molecular formula is C17H27N3O. The van der Waals surface area contributed by atoms with Crippen molar-refractivity contribution in [3.05, 3.63) is 35.4 Å². The normalized spacial score (nSPS) is 18.7. The predicted molar refractivity (Wildman–Crippen MR) is 86.3 cm³/mol. The van der Waals surface area contributed by atoms with Crippen molar-refractivity contribution in [3.8, 4) is 0 Å². The zero-order chi connectivity index (χ0) is 15.4. The van der Waals surface area contributed by atoms with Crippen LogP contribution in [0.1, 0.15) is 56.7 Å². The van der Waals surface area contributed by atoms with E-state index in [2.05, 4.69) is 55.3 Å². The highest BCUT2D eigenvalue weighted by Crippen LogP contribution is 2.25. The number of rotatable bonds is 4. The van der Waals surface area contributed by atoms with Crippen LogP contribution in [0.5, 0.6) is 0 Å². The highest BCUT2D eigenvalue weighted by molar-refractivity contribution is 5.71. The Labute approximate surface area is 127 Å². The molecular weight excluding hydrogens is 262 g/mol. The number of hydrogen-bond donors (Lipinski definition) is 2. The first-order valence-corrected chi connectivity index (χ1v) is 7.87. The predicted octanol–water partition coefficient (Wildman–Crippen LogP) is 3.00. The molecule has 1 aromatic rings. The van der Waals surface area contributed by atoms with Gasteiger partial charge in [-0.3, -0.25) is 4.90 Å². The summed E-state index contributed by atoms with van der Waals surface area (Å²) in [6.45, 7) is 8.69. The van der Waals surface area contributed by atoms with Crippen LogP contribution in [0.15, 0.2) is 24.3 Å². The van der Waals surface area contributed by atoms with E-state index in [1.807, 2.05) is 0 Å². The Morgan fingerprint density at radius 2 is 1.67 bits per heavy atom. The zero-order valence-electron chi connectivity index (χ0n) is 13.3. The van der Waals surface area contributed by atoms with E-state index >= 15 is 0 Å². The molecule has 3 N–H and O–H groups in total. The molecule has 0 saturated carbocycles. The largest absolute Gasteiger partial charge is 0.352 e. The molecule has 4 nitrogen and oxygen atoms in total. The van der Waals surface area contributed by atoms with Crippen molar-refractivity contribution >= 4 is 6.03 Å². The highest BCUT2D eigenvalue weighted by Gasteiger charge is 2.24. The molecule has 0 aromatic heterocycles. The molecule has 2 amide bonds. The van der Waals surface area contributed by atoms with Crippen LogP contribution in [-0.4, -0.2) is 30.1 Å². The first kappa shape index (κ1) is 15.8. The maximum atomic E-state index is 10.9. The lowest BCUT2D eigenvalue weighted by Gasteiger charge is -2.36. The second-order valence-corrected chi connectivity index (χ2v) is 6.32. The fraction of sp³-hybridized carbons (Fsp3) is 0.588. The molecule has 21 heavy (non-hydrogen) atoms. The van der Waals surface area contributed by atoms with Crippen LogP contribution in [0.2, 0.25) is 0 Å². The molecule has 1 aromatic carbocycles. The highest BCUT2D eigenvalue weighted by atomic mass is 16.2. The Morgan fingerprint density at radius 3 is 2.14 bits per heavy atom. The van der Waals surface area contributed by atoms with Crippen molar-refractivity contribution in [2.75, 3.05) is 13.1 Å². The van der Waals surface area contributed by atoms with E-state index in [0.29, 0.717) is 12.0 Å². The molecule has 0 aliphatic carbocycles. The molecule has 1 fully saturated rings. The molecule has 1 saturated heterocycles. The molecule has 4 heteroatoms. The summed E-state index contributed by atoms with van der Waals surface area (Å²) < 4.78 is 0. The van der Waals surface area contributed by atoms with E-state index in [-0.39, 0.29) is 6.04 Å². The van der Waals surface area contributed by atoms with E-state index < -0.39 is 6.03 Å². The minimum absolute atomic E-state index is 0.231. The van der Waals surface area contributed by atoms with Crippen molar-refractivity contribution in [1.29, 1.82) is 0 Å². The summed E-state index contributed by atoms with van der Waals surface area (Å²) in [7, 11) is 0. The fourth-order valence-electron chi connectivity index (χ4n) is 3.00. The average molecular weight is 289 g/mol. The molecule has 0 bridgehead atoms. The topological polar surface area (TPSA) is 58.4 Å². The van der Waals surface area contributed by atoms with Gasteiger partial charge < -0.3 is 11.1 Å². The molecule has 0 radical (unpaired) electrons. The fourth-order valence-corrected chi connectivity index (χ4v) is 3.00. The molecule has 1 atom stereocenters. The minimum atomic E-state index is -0.411. The zero-order valence-corrected chi connectivity index (χ0v) is 13.3. The van der Waals surface area contributed by atoms with Gasteiger partial charge in [0, 0.05) is 25.2 Å². The van der Waals surface area contributed by atoms with Crippen molar-refractivity contribution < 1.29 is 4.79 Å². The molecule has 2 rings (SSSR count). The van der Waals surface area contributed by atoms with Gasteiger partial charge in [-0.15, -0.1) is 0 Å². The van der Waals surface area contributed by atoms with Gasteiger partial charge in [0.25, 0.3) is 0 Å². The van der Waals surface area contributed by atoms with Gasteiger partial charge in [0.05, 0.1) is 0 Å². The maximum absolute atomic E-state index is 10.9. The second kappa shape index (κ2) is 6.94. The Balaban J connectivity index is 1.92. The van der Waals surface area contributed by atoms with Crippen LogP contribution in [0.3, 0.4) is 0 Å². The van der Waals surface area contributed by atoms with Crippen molar-refractivity contribution in [2.45, 2.75) is 51.6 Å². The van der Waals surface area contributed by atoms with Crippen LogP contribution in [-0.2, 0) is 0 Å². The van der Waals surface area contributed by atoms with Gasteiger partial charge in [0.15, 0.2) is 0 Å². The van der Waals surface area contributed by atoms with Crippen molar-refractivity contribution in [1.82, 2.24) is 10.2 Å². The van der Waals surface area contributed by atoms with Crippen molar-refractivity contribution in [3.63, 3.8) is 0 Å². The number of nitrogens with one attached hydrogen (secondary N) is 1. The number of primary amides is 1. The standard InChI is InChI=1S/C17H27N3O/c1-12(2)14-4-6-15(7-5-14)13(3)20-10-8-16(9-11-20)19-17(18)21/h4-7,12-13,16H,8-11H2,1-3H3,(H3,18,19,21)/t13-/m1/s1. The van der Waals surface area contributed by atoms with Gasteiger partial charge in [-0.1, -0.05) is 38.1 Å². The number of carbonyl (C=O) groups excluding carboxylic acids is 1. The summed E-state index contributed by atoms with van der Waals surface area (Å²) in [5, 5.41) is 2.81. The Morgan fingerprint density at radius 1 is 1.14 bits per heavy atom. The van der Waals surface area contributed by atoms with Crippen LogP contribution in [0.25, 0.3) is 0 Å². The smallest absolute Gasteiger partial charge is 0.312 e. The molecule has 0 spiro atoms. The van der Waals surface area contributed by atoms with E-state index in [0.717, 1.165) is 25.9 Å². The van der Waals surface area contributed by atoms with E-state index in [4.69, 9.17) is 5.73 Å². The van der Waals surface area contributed by atoms with E-state index in [9.17, 15) is 4.79 Å². The summed E-state index contributed by atoms with van der Waals surface area (Å²) >= 11 is 0. The molecule has 0 unspecified atom stereocenters. The number of piperidine rings is 1. The van der Waals surface area contributed by atoms with Crippen LogP contribution in [0, 0.1) is 0 Å². The minimum Gasteiger partial charge on any atom is -0.352 e. The first-order valence-electron chi connectivity index (χ1n) is 7.87. The van der Waals surface area contributed by atoms with Gasteiger partial charge in [-0.05, 0) is 36.8 Å². The third kappa shape index (κ3) is 4.21. The number of likely N-dealkylation sites (tertiary alicyclic amines) is 1. The van der Waals surface area contributed by atoms with Gasteiger partial charge in [-0.2, -0.15) is 0 Å². The van der Waals surface area contributed by atoms with E-state index in [1.165, 1.54) is 11.1 Å². The summed E-state index contributed by atoms with van der Waals surface area (Å²) in [6.07, 6.45) is 1.94.